The molecule has 0 amide bonds. The van der Waals surface area contributed by atoms with Crippen molar-refractivity contribution in [1.82, 2.24) is 9.55 Å². The highest BCUT2D eigenvalue weighted by Gasteiger charge is 2.54. The molecule has 0 radical (unpaired) electrons. The second-order valence-corrected chi connectivity index (χ2v) is 7.62. The van der Waals surface area contributed by atoms with Gasteiger partial charge in [0.2, 0.25) is 5.43 Å². The number of carbonyl (C=O) groups is 1. The molecule has 5 rings (SSSR count). The molecule has 0 unspecified atom stereocenters. The maximum absolute atomic E-state index is 14.8. The number of benzene rings is 1. The minimum Gasteiger partial charge on any atom is -0.477 e. The number of aromatic nitrogens is 2. The topological polar surface area (TPSA) is 101 Å². The molecule has 2 atom stereocenters. The number of nitrogens with zero attached hydrogens (tertiary/aromatic N) is 3. The molecule has 1 aliphatic carbocycles. The molecule has 2 aromatic heterocycles. The van der Waals surface area contributed by atoms with E-state index in [1.54, 1.807) is 4.90 Å². The molecule has 10 heteroatoms. The predicted octanol–water partition coefficient (Wildman–Crippen LogP) is 1.89. The lowest BCUT2D eigenvalue weighted by Gasteiger charge is -2.22. The summed E-state index contributed by atoms with van der Waals surface area (Å²) in [6, 6.07) is 3.69. The second kappa shape index (κ2) is 6.30. The molecule has 1 saturated carbocycles. The third kappa shape index (κ3) is 2.67. The minimum atomic E-state index is -1.56. The number of carboxylic acids is 1. The van der Waals surface area contributed by atoms with E-state index in [2.05, 4.69) is 4.98 Å². The summed E-state index contributed by atoms with van der Waals surface area (Å²) >= 11 is 0. The number of pyridine rings is 2. The van der Waals surface area contributed by atoms with Crippen LogP contribution in [0.15, 0.2) is 35.3 Å². The van der Waals surface area contributed by atoms with Gasteiger partial charge in [-0.2, -0.15) is 0 Å². The highest BCUT2D eigenvalue weighted by atomic mass is 19.1. The molecule has 1 aliphatic heterocycles. The number of hydrogen-bond donors (Lipinski definition) is 2. The van der Waals surface area contributed by atoms with Crippen LogP contribution in [0.1, 0.15) is 10.4 Å². The maximum Gasteiger partial charge on any atom is 0.341 e. The molecule has 2 fully saturated rings. The van der Waals surface area contributed by atoms with Crippen LogP contribution in [-0.2, 0) is 0 Å². The monoisotopic (exact) mass is 416 g/mol. The van der Waals surface area contributed by atoms with E-state index in [9.17, 15) is 27.9 Å². The van der Waals surface area contributed by atoms with Gasteiger partial charge in [-0.05, 0) is 30.0 Å². The third-order valence-corrected chi connectivity index (χ3v) is 5.87. The first-order valence-corrected chi connectivity index (χ1v) is 9.21. The Morgan fingerprint density at radius 3 is 2.47 bits per heavy atom. The van der Waals surface area contributed by atoms with Gasteiger partial charge in [-0.3, -0.25) is 9.36 Å². The number of carboxylic acid groups (broad SMARTS) is 1. The van der Waals surface area contributed by atoms with Gasteiger partial charge < -0.3 is 15.7 Å². The van der Waals surface area contributed by atoms with E-state index in [0.29, 0.717) is 19.2 Å². The Morgan fingerprint density at radius 1 is 1.13 bits per heavy atom. The lowest BCUT2D eigenvalue weighted by molar-refractivity contribution is 0.0695. The molecule has 7 nitrogen and oxygen atoms in total. The molecule has 0 spiro atoms. The van der Waals surface area contributed by atoms with Gasteiger partial charge in [0, 0.05) is 31.4 Å². The number of rotatable bonds is 3. The highest BCUT2D eigenvalue weighted by molar-refractivity contribution is 5.92. The fourth-order valence-corrected chi connectivity index (χ4v) is 4.19. The Bertz CT molecular complexity index is 1280. The van der Waals surface area contributed by atoms with Crippen LogP contribution in [0.5, 0.6) is 0 Å². The number of piperidine rings is 1. The van der Waals surface area contributed by atoms with E-state index in [1.165, 1.54) is 0 Å². The molecule has 1 aromatic carbocycles. The number of hydrogen-bond acceptors (Lipinski definition) is 5. The van der Waals surface area contributed by atoms with E-state index in [4.69, 9.17) is 5.73 Å². The summed E-state index contributed by atoms with van der Waals surface area (Å²) in [6.07, 6.45) is 0.912. The van der Waals surface area contributed by atoms with Crippen LogP contribution in [0.2, 0.25) is 0 Å². The smallest absolute Gasteiger partial charge is 0.341 e. The van der Waals surface area contributed by atoms with Crippen LogP contribution < -0.4 is 16.1 Å². The number of anilines is 1. The van der Waals surface area contributed by atoms with E-state index in [0.717, 1.165) is 29.0 Å². The fourth-order valence-electron chi connectivity index (χ4n) is 4.19. The second-order valence-electron chi connectivity index (χ2n) is 7.62. The Kier molecular flexibility index (Phi) is 3.91. The van der Waals surface area contributed by atoms with Crippen molar-refractivity contribution < 1.29 is 23.1 Å². The molecule has 0 bridgehead atoms. The molecule has 3 heterocycles. The van der Waals surface area contributed by atoms with Crippen molar-refractivity contribution in [2.45, 2.75) is 6.04 Å². The van der Waals surface area contributed by atoms with E-state index in [-0.39, 0.29) is 40.4 Å². The highest BCUT2D eigenvalue weighted by Crippen LogP contribution is 2.45. The van der Waals surface area contributed by atoms with Gasteiger partial charge in [-0.15, -0.1) is 0 Å². The standard InChI is InChI=1S/C20H15F3N4O3/c21-8-1-2-15(13(22)3-8)27-7-12(20(29)30)17(28)9-4-14(23)19(25-18(9)27)26-5-10-11(6-26)16(10)24/h1-4,7,10-11,16H,5-6,24H2,(H,29,30)/t10-,11-/m0/s1. The first kappa shape index (κ1) is 18.6. The largest absolute Gasteiger partial charge is 0.477 e. The Hall–Kier alpha value is -3.40. The average molecular weight is 416 g/mol. The number of fused-ring (bicyclic) bond motifs is 2. The first-order valence-electron chi connectivity index (χ1n) is 9.21. The zero-order valence-corrected chi connectivity index (χ0v) is 15.3. The van der Waals surface area contributed by atoms with Crippen LogP contribution in [-0.4, -0.2) is 39.8 Å². The quantitative estimate of drug-likeness (QED) is 0.676. The Balaban J connectivity index is 1.76. The molecule has 30 heavy (non-hydrogen) atoms. The average Bonchev–Trinajstić information content (AvgIpc) is 3.10. The van der Waals surface area contributed by atoms with Crippen molar-refractivity contribution in [2.24, 2.45) is 17.6 Å². The normalized spacial score (nSPS) is 22.4. The van der Waals surface area contributed by atoms with Crippen molar-refractivity contribution in [1.29, 1.82) is 0 Å². The SMILES string of the molecule is NC1[C@H]2CN(c3nc4c(cc3F)c(=O)c(C(=O)O)cn4-c3ccc(F)cc3F)C[C@H]12. The maximum atomic E-state index is 14.8. The lowest BCUT2D eigenvalue weighted by atomic mass is 10.1. The zero-order valence-electron chi connectivity index (χ0n) is 15.3. The van der Waals surface area contributed by atoms with Crippen molar-refractivity contribution >= 4 is 22.8 Å². The number of aromatic carboxylic acids is 1. The molecule has 3 aromatic rings. The van der Waals surface area contributed by atoms with Crippen LogP contribution >= 0.6 is 0 Å². The van der Waals surface area contributed by atoms with Crippen molar-refractivity contribution in [3.05, 3.63) is 63.7 Å². The molecule has 3 N–H and O–H groups in total. The summed E-state index contributed by atoms with van der Waals surface area (Å²) in [5, 5.41) is 9.05. The fraction of sp³-hybridized carbons (Fsp3) is 0.250. The molecular weight excluding hydrogens is 401 g/mol. The van der Waals surface area contributed by atoms with Gasteiger partial charge in [0.05, 0.1) is 11.1 Å². The summed E-state index contributed by atoms with van der Waals surface area (Å²) < 4.78 is 43.7. The number of halogens is 3. The van der Waals surface area contributed by atoms with Gasteiger partial charge in [0.25, 0.3) is 0 Å². The molecule has 2 aliphatic rings. The van der Waals surface area contributed by atoms with E-state index < -0.39 is 34.4 Å². The van der Waals surface area contributed by atoms with Crippen LogP contribution in [0.4, 0.5) is 19.0 Å². The summed E-state index contributed by atoms with van der Waals surface area (Å²) in [6.45, 7) is 1.01. The molecule has 154 valence electrons. The zero-order chi connectivity index (χ0) is 21.3. The Morgan fingerprint density at radius 2 is 1.83 bits per heavy atom. The lowest BCUT2D eigenvalue weighted by Crippen LogP contribution is -2.30. The number of nitrogens with two attached hydrogens (primary N) is 1. The minimum absolute atomic E-state index is 0.0272. The van der Waals surface area contributed by atoms with Crippen LogP contribution in [0.3, 0.4) is 0 Å². The van der Waals surface area contributed by atoms with Crippen molar-refractivity contribution in [2.75, 3.05) is 18.0 Å². The Labute approximate surface area is 167 Å². The van der Waals surface area contributed by atoms with Gasteiger partial charge in [-0.25, -0.2) is 22.9 Å². The van der Waals surface area contributed by atoms with Gasteiger partial charge in [-0.1, -0.05) is 0 Å². The predicted molar refractivity (Wildman–Crippen MR) is 101 cm³/mol. The van der Waals surface area contributed by atoms with Gasteiger partial charge in [0.15, 0.2) is 17.3 Å². The molecule has 1 saturated heterocycles. The van der Waals surface area contributed by atoms with Crippen molar-refractivity contribution in [3.8, 4) is 5.69 Å². The van der Waals surface area contributed by atoms with Gasteiger partial charge in [0.1, 0.15) is 17.2 Å². The van der Waals surface area contributed by atoms with Crippen LogP contribution in [0, 0.1) is 29.3 Å². The molecular formula is C20H15F3N4O3. The van der Waals surface area contributed by atoms with E-state index in [1.807, 2.05) is 0 Å². The van der Waals surface area contributed by atoms with Gasteiger partial charge >= 0.3 is 5.97 Å². The van der Waals surface area contributed by atoms with Crippen LogP contribution in [0.25, 0.3) is 16.7 Å². The first-order chi connectivity index (χ1) is 14.3. The summed E-state index contributed by atoms with van der Waals surface area (Å²) in [7, 11) is 0. The van der Waals surface area contributed by atoms with Crippen molar-refractivity contribution in [3.63, 3.8) is 0 Å². The summed E-state index contributed by atoms with van der Waals surface area (Å²) in [5.41, 5.74) is 3.94. The van der Waals surface area contributed by atoms with E-state index >= 15 is 0 Å². The summed E-state index contributed by atoms with van der Waals surface area (Å²) in [4.78, 5) is 30.1. The third-order valence-electron chi connectivity index (χ3n) is 5.87. The summed E-state index contributed by atoms with van der Waals surface area (Å²) in [5.74, 6) is -3.70.